The number of hydrogen-bond donors (Lipinski definition) is 1. The van der Waals surface area contributed by atoms with Crippen molar-refractivity contribution in [2.45, 2.75) is 30.4 Å². The second-order valence-electron chi connectivity index (χ2n) is 7.39. The molecule has 5 atom stereocenters. The summed E-state index contributed by atoms with van der Waals surface area (Å²) in [4.78, 5) is 29.0. The molecule has 2 aliphatic carbocycles. The van der Waals surface area contributed by atoms with Crippen LogP contribution in [-0.4, -0.2) is 47.7 Å². The predicted molar refractivity (Wildman–Crippen MR) is 82.1 cm³/mol. The van der Waals surface area contributed by atoms with Crippen molar-refractivity contribution in [3.05, 3.63) is 35.4 Å². The normalized spacial score (nSPS) is 40.7. The van der Waals surface area contributed by atoms with Gasteiger partial charge in [0.15, 0.2) is 23.4 Å². The van der Waals surface area contributed by atoms with E-state index in [0.717, 1.165) is 11.1 Å². The highest BCUT2D eigenvalue weighted by Gasteiger charge is 2.69. The molecule has 2 bridgehead atoms. The predicted octanol–water partition coefficient (Wildman–Crippen LogP) is 1.01. The van der Waals surface area contributed by atoms with Gasteiger partial charge in [0.2, 0.25) is 0 Å². The number of benzene rings is 1. The molecule has 4 aliphatic rings. The molecule has 0 aromatic heterocycles. The molecular formula is C18H18NO5+. The van der Waals surface area contributed by atoms with Crippen LogP contribution in [0.3, 0.4) is 0 Å². The van der Waals surface area contributed by atoms with Crippen LogP contribution in [0.25, 0.3) is 0 Å². The molecule has 1 N–H and O–H groups in total. The Morgan fingerprint density at radius 3 is 3.08 bits per heavy atom. The van der Waals surface area contributed by atoms with Gasteiger partial charge in [-0.25, -0.2) is 4.79 Å². The fourth-order valence-electron chi connectivity index (χ4n) is 5.46. The summed E-state index contributed by atoms with van der Waals surface area (Å²) < 4.78 is 6.19. The number of nitrogens with zero attached hydrogens (tertiary/aromatic N) is 1. The van der Waals surface area contributed by atoms with Crippen molar-refractivity contribution in [3.63, 3.8) is 0 Å². The largest absolute Gasteiger partial charge is 0.504 e. The molecule has 6 heteroatoms. The van der Waals surface area contributed by atoms with E-state index in [1.807, 2.05) is 19.2 Å². The van der Waals surface area contributed by atoms with Crippen molar-refractivity contribution in [1.82, 2.24) is 0 Å². The number of phenols is 1. The number of likely N-dealkylation sites (tertiary alicyclic amines) is 1. The molecule has 2 heterocycles. The van der Waals surface area contributed by atoms with Crippen LogP contribution in [0.1, 0.15) is 17.5 Å². The van der Waals surface area contributed by atoms with Crippen molar-refractivity contribution in [2.24, 2.45) is 5.92 Å². The number of phenolic OH excluding ortho intramolecular Hbond substituents is 1. The molecule has 2 aliphatic heterocycles. The number of aromatic hydroxyl groups is 1. The van der Waals surface area contributed by atoms with Gasteiger partial charge in [0, 0.05) is 24.3 Å². The highest BCUT2D eigenvalue weighted by molar-refractivity contribution is 5.98. The van der Waals surface area contributed by atoms with Crippen LogP contribution in [0.4, 0.5) is 0 Å². The summed E-state index contributed by atoms with van der Waals surface area (Å²) in [6.45, 7) is 1.13. The minimum Gasteiger partial charge on any atom is -0.504 e. The van der Waals surface area contributed by atoms with Gasteiger partial charge in [0.1, 0.15) is 19.6 Å². The molecule has 0 radical (unpaired) electrons. The second kappa shape index (κ2) is 4.19. The quantitative estimate of drug-likeness (QED) is 0.648. The summed E-state index contributed by atoms with van der Waals surface area (Å²) in [6, 6.07) is 3.56. The van der Waals surface area contributed by atoms with E-state index >= 15 is 0 Å². The summed E-state index contributed by atoms with van der Waals surface area (Å²) in [6.07, 6.45) is 4.34. The Morgan fingerprint density at radius 2 is 2.29 bits per heavy atom. The van der Waals surface area contributed by atoms with Gasteiger partial charge < -0.3 is 9.84 Å². The lowest BCUT2D eigenvalue weighted by Crippen LogP contribution is -2.70. The lowest BCUT2D eigenvalue weighted by Gasteiger charge is -2.56. The number of likely N-dealkylation sites (N-methyl/N-ethyl adjacent to an activating group) is 1. The lowest BCUT2D eigenvalue weighted by atomic mass is 9.53. The van der Waals surface area contributed by atoms with E-state index in [-0.39, 0.29) is 28.1 Å². The third-order valence-corrected chi connectivity index (χ3v) is 6.51. The first-order valence-corrected chi connectivity index (χ1v) is 8.22. The highest BCUT2D eigenvalue weighted by atomic mass is 16.7. The Morgan fingerprint density at radius 1 is 1.46 bits per heavy atom. The van der Waals surface area contributed by atoms with E-state index in [0.29, 0.717) is 31.6 Å². The van der Waals surface area contributed by atoms with Crippen LogP contribution in [-0.2, 0) is 26.3 Å². The van der Waals surface area contributed by atoms with E-state index in [4.69, 9.17) is 9.57 Å². The number of hydroxylamine groups is 3. The number of ether oxygens (including phenoxy) is 1. The maximum absolute atomic E-state index is 12.5. The van der Waals surface area contributed by atoms with Gasteiger partial charge in [-0.2, -0.15) is 0 Å². The molecule has 1 fully saturated rings. The van der Waals surface area contributed by atoms with E-state index < -0.39 is 11.5 Å². The summed E-state index contributed by atoms with van der Waals surface area (Å²) in [5.74, 6) is 0.537. The smallest absolute Gasteiger partial charge is 0.355 e. The first-order chi connectivity index (χ1) is 11.5. The summed E-state index contributed by atoms with van der Waals surface area (Å²) >= 11 is 0. The molecular weight excluding hydrogens is 310 g/mol. The average Bonchev–Trinajstić information content (AvgIpc) is 2.91. The van der Waals surface area contributed by atoms with Gasteiger partial charge in [0.25, 0.3) is 0 Å². The van der Waals surface area contributed by atoms with Gasteiger partial charge >= 0.3 is 6.47 Å². The van der Waals surface area contributed by atoms with Crippen molar-refractivity contribution in [1.29, 1.82) is 0 Å². The SMILES string of the molecule is C[N+]1(OC=O)CC[C@]23c4c5ccc(O)c4O[C@H]2C(=O)C=C[C@H]3[C@H]1C5. The molecule has 0 amide bonds. The van der Waals surface area contributed by atoms with Crippen LogP contribution in [0.15, 0.2) is 24.3 Å². The number of rotatable bonds is 2. The Labute approximate surface area is 138 Å². The van der Waals surface area contributed by atoms with Gasteiger partial charge in [-0.05, 0) is 17.7 Å². The molecule has 6 nitrogen and oxygen atoms in total. The fraction of sp³-hybridized carbons (Fsp3) is 0.444. The summed E-state index contributed by atoms with van der Waals surface area (Å²) in [5, 5.41) is 10.2. The summed E-state index contributed by atoms with van der Waals surface area (Å²) in [5.41, 5.74) is 1.61. The van der Waals surface area contributed by atoms with Crippen molar-refractivity contribution in [3.8, 4) is 11.5 Å². The molecule has 1 aromatic rings. The second-order valence-corrected chi connectivity index (χ2v) is 7.39. The Bertz CT molecular complexity index is 818. The van der Waals surface area contributed by atoms with Gasteiger partial charge in [-0.1, -0.05) is 12.1 Å². The van der Waals surface area contributed by atoms with Crippen LogP contribution in [0.2, 0.25) is 0 Å². The molecule has 124 valence electrons. The molecule has 0 saturated carbocycles. The van der Waals surface area contributed by atoms with E-state index in [2.05, 4.69) is 0 Å². The van der Waals surface area contributed by atoms with Crippen LogP contribution >= 0.6 is 0 Å². The van der Waals surface area contributed by atoms with E-state index in [1.165, 1.54) is 0 Å². The minimum absolute atomic E-state index is 0.0300. The highest BCUT2D eigenvalue weighted by Crippen LogP contribution is 2.62. The third-order valence-electron chi connectivity index (χ3n) is 6.51. The molecule has 1 spiro atoms. The number of carbonyl (C=O) groups is 2. The van der Waals surface area contributed by atoms with Crippen LogP contribution in [0, 0.1) is 5.92 Å². The van der Waals surface area contributed by atoms with Gasteiger partial charge in [0.05, 0.1) is 5.41 Å². The minimum atomic E-state index is -0.595. The molecule has 1 saturated heterocycles. The maximum atomic E-state index is 12.5. The van der Waals surface area contributed by atoms with Gasteiger partial charge in [-0.3, -0.25) is 9.63 Å². The Kier molecular flexibility index (Phi) is 2.45. The maximum Gasteiger partial charge on any atom is 0.355 e. The lowest BCUT2D eigenvalue weighted by molar-refractivity contribution is -1.10. The zero-order valence-electron chi connectivity index (χ0n) is 13.3. The topological polar surface area (TPSA) is 72.8 Å². The third kappa shape index (κ3) is 1.37. The van der Waals surface area contributed by atoms with Crippen molar-refractivity contribution < 1.29 is 28.9 Å². The fourth-order valence-corrected chi connectivity index (χ4v) is 5.46. The van der Waals surface area contributed by atoms with E-state index in [1.54, 1.807) is 12.1 Å². The van der Waals surface area contributed by atoms with Crippen molar-refractivity contribution in [2.75, 3.05) is 13.6 Å². The molecule has 1 unspecified atom stereocenters. The average molecular weight is 328 g/mol. The van der Waals surface area contributed by atoms with Crippen LogP contribution in [0.5, 0.6) is 11.5 Å². The van der Waals surface area contributed by atoms with Crippen LogP contribution < -0.4 is 4.74 Å². The Balaban J connectivity index is 1.79. The van der Waals surface area contributed by atoms with Gasteiger partial charge in [-0.15, -0.1) is 4.65 Å². The number of hydrogen-bond acceptors (Lipinski definition) is 5. The van der Waals surface area contributed by atoms with E-state index in [9.17, 15) is 14.7 Å². The Hall–Kier alpha value is -2.34. The summed E-state index contributed by atoms with van der Waals surface area (Å²) in [7, 11) is 1.92. The molecule has 24 heavy (non-hydrogen) atoms. The number of piperidine rings is 1. The zero-order valence-corrected chi connectivity index (χ0v) is 13.3. The molecule has 1 aromatic carbocycles. The monoisotopic (exact) mass is 328 g/mol. The first kappa shape index (κ1) is 14.0. The van der Waals surface area contributed by atoms with Crippen molar-refractivity contribution >= 4 is 12.3 Å². The first-order valence-electron chi connectivity index (χ1n) is 8.22. The standard InChI is InChI=1S/C18H17NO5/c1-19(23-9-20)7-6-18-11-3-5-14(22)17(18)24-16-13(21)4-2-10(15(16)18)8-12(11)19/h2-5,9,11-12,17H,6-8H2,1H3/p+1/t11-,12+,17-,18-,19?/m0/s1. The number of quaternary nitrogens is 1. The zero-order chi connectivity index (χ0) is 16.7. The number of carbonyl (C=O) groups excluding carboxylic acids is 2. The number of ketones is 1. The molecule has 5 rings (SSSR count).